The molecule has 0 atom stereocenters. The highest BCUT2D eigenvalue weighted by atomic mass is 14.9. The summed E-state index contributed by atoms with van der Waals surface area (Å²) in [4.78, 5) is 8.41. The largest absolute Gasteiger partial charge is 0.236 e. The first kappa shape index (κ1) is 8.81. The average molecular weight is 205 g/mol. The van der Waals surface area contributed by atoms with Crippen molar-refractivity contribution in [2.45, 2.75) is 0 Å². The van der Waals surface area contributed by atoms with Gasteiger partial charge in [0.25, 0.3) is 0 Å². The van der Waals surface area contributed by atoms with Crippen molar-refractivity contribution in [3.05, 3.63) is 48.3 Å². The molecule has 0 saturated carbocycles. The number of aromatic nitrogens is 2. The van der Waals surface area contributed by atoms with Crippen LogP contribution in [0.5, 0.6) is 0 Å². The van der Waals surface area contributed by atoms with Gasteiger partial charge in [-0.05, 0) is 11.6 Å². The maximum Gasteiger partial charge on any atom is 0.160 e. The van der Waals surface area contributed by atoms with Crippen LogP contribution in [0.15, 0.2) is 42.7 Å². The number of hydrogen-bond donors (Lipinski definition) is 0. The Morgan fingerprint density at radius 1 is 0.938 bits per heavy atom. The second-order valence-electron chi connectivity index (χ2n) is 3.55. The van der Waals surface area contributed by atoms with Gasteiger partial charge in [0.1, 0.15) is 6.07 Å². The van der Waals surface area contributed by atoms with Gasteiger partial charge < -0.3 is 0 Å². The zero-order chi connectivity index (χ0) is 11.0. The molecule has 0 spiro atoms. The molecular weight excluding hydrogens is 198 g/mol. The van der Waals surface area contributed by atoms with Crippen LogP contribution in [0.25, 0.3) is 22.5 Å². The molecule has 3 aliphatic rings. The minimum absolute atomic E-state index is 0.568. The van der Waals surface area contributed by atoms with Crippen molar-refractivity contribution in [1.29, 1.82) is 5.26 Å². The number of fused-ring (bicyclic) bond motifs is 2. The third-order valence-electron chi connectivity index (χ3n) is 2.61. The summed E-state index contributed by atoms with van der Waals surface area (Å²) in [6.07, 6.45) is 3.34. The summed E-state index contributed by atoms with van der Waals surface area (Å²) in [7, 11) is 0. The summed E-state index contributed by atoms with van der Waals surface area (Å²) >= 11 is 0. The van der Waals surface area contributed by atoms with E-state index in [1.54, 1.807) is 12.4 Å². The highest BCUT2D eigenvalue weighted by molar-refractivity contribution is 5.70. The molecule has 0 aromatic carbocycles. The zero-order valence-corrected chi connectivity index (χ0v) is 8.38. The number of hydrogen-bond acceptors (Lipinski definition) is 3. The molecule has 0 radical (unpaired) electrons. The minimum atomic E-state index is 0.568. The first-order valence-corrected chi connectivity index (χ1v) is 4.92. The third kappa shape index (κ3) is 1.21. The Morgan fingerprint density at radius 2 is 1.75 bits per heavy atom. The molecular formula is C13H7N3. The fourth-order valence-corrected chi connectivity index (χ4v) is 1.76. The van der Waals surface area contributed by atoms with E-state index in [0.29, 0.717) is 11.4 Å². The van der Waals surface area contributed by atoms with Gasteiger partial charge in [-0.1, -0.05) is 24.3 Å². The Bertz CT molecular complexity index is 639. The summed E-state index contributed by atoms with van der Waals surface area (Å²) in [5.41, 5.74) is 3.55. The van der Waals surface area contributed by atoms with Gasteiger partial charge in [-0.3, -0.25) is 0 Å². The van der Waals surface area contributed by atoms with E-state index >= 15 is 0 Å². The van der Waals surface area contributed by atoms with Gasteiger partial charge in [0.2, 0.25) is 0 Å². The average Bonchev–Trinajstić information content (AvgIpc) is 2.85. The van der Waals surface area contributed by atoms with Crippen molar-refractivity contribution in [3.63, 3.8) is 0 Å². The van der Waals surface area contributed by atoms with Gasteiger partial charge in [-0.2, -0.15) is 5.26 Å². The maximum atomic E-state index is 8.92. The number of rotatable bonds is 0. The summed E-state index contributed by atoms with van der Waals surface area (Å²) in [6, 6.07) is 12.0. The lowest BCUT2D eigenvalue weighted by molar-refractivity contribution is 1.25. The second kappa shape index (κ2) is 3.28. The highest BCUT2D eigenvalue weighted by Gasteiger charge is 2.10. The topological polar surface area (TPSA) is 49.6 Å². The summed E-state index contributed by atoms with van der Waals surface area (Å²) in [5, 5.41) is 8.92. The number of nitriles is 1. The molecule has 0 aromatic rings. The molecule has 0 saturated heterocycles. The molecule has 2 heterocycles. The Hall–Kier alpha value is -2.47. The molecule has 0 bridgehead atoms. The van der Waals surface area contributed by atoms with Crippen LogP contribution in [0.4, 0.5) is 0 Å². The predicted octanol–water partition coefficient (Wildman–Crippen LogP) is 2.56. The highest BCUT2D eigenvalue weighted by Crippen LogP contribution is 2.25. The van der Waals surface area contributed by atoms with Crippen molar-refractivity contribution in [3.8, 4) is 28.6 Å². The van der Waals surface area contributed by atoms with Crippen LogP contribution in [0.1, 0.15) is 5.56 Å². The van der Waals surface area contributed by atoms with Crippen molar-refractivity contribution < 1.29 is 0 Å². The van der Waals surface area contributed by atoms with E-state index in [4.69, 9.17) is 5.26 Å². The molecule has 0 N–H and O–H groups in total. The van der Waals surface area contributed by atoms with E-state index in [1.807, 2.05) is 30.3 Å². The Balaban J connectivity index is 2.33. The van der Waals surface area contributed by atoms with Crippen molar-refractivity contribution in [1.82, 2.24) is 9.97 Å². The maximum absolute atomic E-state index is 8.92. The molecule has 0 unspecified atom stereocenters. The Morgan fingerprint density at radius 3 is 2.62 bits per heavy atom. The van der Waals surface area contributed by atoms with Gasteiger partial charge in [0, 0.05) is 23.5 Å². The van der Waals surface area contributed by atoms with Gasteiger partial charge in [-0.15, -0.1) is 0 Å². The molecule has 0 aromatic heterocycles. The normalized spacial score (nSPS) is 10.4. The molecule has 0 amide bonds. The second-order valence-corrected chi connectivity index (χ2v) is 3.55. The van der Waals surface area contributed by atoms with Gasteiger partial charge in [-0.25, -0.2) is 9.97 Å². The quantitative estimate of drug-likeness (QED) is 0.566. The summed E-state index contributed by atoms with van der Waals surface area (Å²) < 4.78 is 0. The predicted molar refractivity (Wildman–Crippen MR) is 60.0 cm³/mol. The summed E-state index contributed by atoms with van der Waals surface area (Å²) in [5.74, 6) is 0.611. The molecule has 74 valence electrons. The van der Waals surface area contributed by atoms with Crippen LogP contribution < -0.4 is 0 Å². The first-order chi connectivity index (χ1) is 7.88. The van der Waals surface area contributed by atoms with Crippen LogP contribution >= 0.6 is 0 Å². The van der Waals surface area contributed by atoms with Gasteiger partial charge in [0.05, 0.1) is 5.56 Å². The Labute approximate surface area is 92.7 Å². The van der Waals surface area contributed by atoms with Crippen LogP contribution in [-0.4, -0.2) is 9.97 Å². The van der Waals surface area contributed by atoms with Gasteiger partial charge in [0.15, 0.2) is 5.82 Å². The van der Waals surface area contributed by atoms with E-state index < -0.39 is 0 Å². The number of nitrogens with zero attached hydrogens (tertiary/aromatic N) is 3. The molecule has 3 heteroatoms. The lowest BCUT2D eigenvalue weighted by Crippen LogP contribution is -1.82. The van der Waals surface area contributed by atoms with E-state index in [0.717, 1.165) is 16.7 Å². The van der Waals surface area contributed by atoms with E-state index in [2.05, 4.69) is 16.0 Å². The van der Waals surface area contributed by atoms with E-state index in [9.17, 15) is 0 Å². The molecule has 3 nitrogen and oxygen atoms in total. The SMILES string of the molecule is N#Cc1cnc2ncc3cccc-3ccc1-2. The first-order valence-electron chi connectivity index (χ1n) is 4.92. The van der Waals surface area contributed by atoms with Crippen LogP contribution in [0, 0.1) is 11.3 Å². The van der Waals surface area contributed by atoms with Crippen LogP contribution in [-0.2, 0) is 0 Å². The monoisotopic (exact) mass is 205 g/mol. The van der Waals surface area contributed by atoms with Crippen molar-refractivity contribution >= 4 is 0 Å². The Kier molecular flexibility index (Phi) is 1.81. The van der Waals surface area contributed by atoms with E-state index in [1.165, 1.54) is 0 Å². The van der Waals surface area contributed by atoms with E-state index in [-0.39, 0.29) is 0 Å². The lowest BCUT2D eigenvalue weighted by Gasteiger charge is -1.96. The lowest BCUT2D eigenvalue weighted by atomic mass is 10.1. The molecule has 2 aliphatic heterocycles. The summed E-state index contributed by atoms with van der Waals surface area (Å²) in [6.45, 7) is 0. The van der Waals surface area contributed by atoms with Crippen molar-refractivity contribution in [2.75, 3.05) is 0 Å². The third-order valence-corrected chi connectivity index (χ3v) is 2.61. The standard InChI is InChI=1S/C13H7N3/c14-6-11-8-16-13-12(11)5-4-9-2-1-3-10(9)7-15-13/h1-5,7-8H. The van der Waals surface area contributed by atoms with Gasteiger partial charge >= 0.3 is 0 Å². The minimum Gasteiger partial charge on any atom is -0.236 e. The molecule has 0 fully saturated rings. The molecule has 3 rings (SSSR count). The molecule has 1 aliphatic carbocycles. The molecule has 16 heavy (non-hydrogen) atoms. The fourth-order valence-electron chi connectivity index (χ4n) is 1.76. The van der Waals surface area contributed by atoms with Crippen LogP contribution in [0.3, 0.4) is 0 Å². The zero-order valence-electron chi connectivity index (χ0n) is 8.38. The smallest absolute Gasteiger partial charge is 0.160 e. The fraction of sp³-hybridized carbons (Fsp3) is 0. The van der Waals surface area contributed by atoms with Crippen LogP contribution in [0.2, 0.25) is 0 Å². The van der Waals surface area contributed by atoms with Crippen molar-refractivity contribution in [2.24, 2.45) is 0 Å².